The average Bonchev–Trinajstić information content (AvgIpc) is 3.18. The Balaban J connectivity index is 1.70. The SMILES string of the molecule is CCN(CC)CCNC(=O)c1ccc(Nc2ncnc3sc(C(=O)OCC(C)C)c(C)c23)cc1. The molecule has 0 radical (unpaired) electrons. The summed E-state index contributed by atoms with van der Waals surface area (Å²) in [7, 11) is 0. The van der Waals surface area contributed by atoms with Crippen molar-refractivity contribution in [2.75, 3.05) is 38.1 Å². The van der Waals surface area contributed by atoms with Crippen LogP contribution in [0, 0.1) is 12.8 Å². The number of rotatable bonds is 11. The Labute approximate surface area is 204 Å². The van der Waals surface area contributed by atoms with Crippen LogP contribution >= 0.6 is 11.3 Å². The van der Waals surface area contributed by atoms with Gasteiger partial charge in [-0.3, -0.25) is 4.79 Å². The second-order valence-electron chi connectivity index (χ2n) is 8.44. The molecule has 182 valence electrons. The molecule has 0 bridgehead atoms. The zero-order valence-electron chi connectivity index (χ0n) is 20.5. The largest absolute Gasteiger partial charge is 0.461 e. The van der Waals surface area contributed by atoms with Crippen molar-refractivity contribution in [1.29, 1.82) is 0 Å². The number of esters is 1. The van der Waals surface area contributed by atoms with Crippen molar-refractivity contribution in [3.8, 4) is 0 Å². The van der Waals surface area contributed by atoms with Crippen molar-refractivity contribution < 1.29 is 14.3 Å². The Morgan fingerprint density at radius 1 is 1.12 bits per heavy atom. The summed E-state index contributed by atoms with van der Waals surface area (Å²) in [5.41, 5.74) is 2.18. The number of carbonyl (C=O) groups excluding carboxylic acids is 2. The van der Waals surface area contributed by atoms with Crippen molar-refractivity contribution in [3.05, 3.63) is 46.6 Å². The number of likely N-dealkylation sites (N-methyl/N-ethyl adjacent to an activating group) is 1. The zero-order chi connectivity index (χ0) is 24.7. The van der Waals surface area contributed by atoms with E-state index in [9.17, 15) is 9.59 Å². The van der Waals surface area contributed by atoms with Crippen LogP contribution in [0.5, 0.6) is 0 Å². The fourth-order valence-electron chi connectivity index (χ4n) is 3.48. The molecule has 0 saturated heterocycles. The molecule has 3 rings (SSSR count). The molecule has 0 saturated carbocycles. The van der Waals surface area contributed by atoms with Crippen molar-refractivity contribution in [1.82, 2.24) is 20.2 Å². The van der Waals surface area contributed by atoms with Gasteiger partial charge in [-0.2, -0.15) is 0 Å². The van der Waals surface area contributed by atoms with E-state index in [0.717, 1.165) is 41.1 Å². The normalized spacial score (nSPS) is 11.3. The van der Waals surface area contributed by atoms with Gasteiger partial charge in [0.1, 0.15) is 21.9 Å². The smallest absolute Gasteiger partial charge is 0.348 e. The number of hydrogen-bond acceptors (Lipinski definition) is 8. The summed E-state index contributed by atoms with van der Waals surface area (Å²) in [6.45, 7) is 13.8. The van der Waals surface area contributed by atoms with Crippen LogP contribution in [-0.4, -0.2) is 59.5 Å². The van der Waals surface area contributed by atoms with Gasteiger partial charge in [0.2, 0.25) is 0 Å². The number of nitrogens with one attached hydrogen (secondary N) is 2. The minimum Gasteiger partial charge on any atom is -0.461 e. The molecule has 34 heavy (non-hydrogen) atoms. The number of nitrogens with zero attached hydrogens (tertiary/aromatic N) is 3. The van der Waals surface area contributed by atoms with Crippen LogP contribution in [0.15, 0.2) is 30.6 Å². The summed E-state index contributed by atoms with van der Waals surface area (Å²) in [5, 5.41) is 7.05. The molecule has 0 aliphatic carbocycles. The number of amides is 1. The van der Waals surface area contributed by atoms with Gasteiger partial charge in [-0.25, -0.2) is 14.8 Å². The van der Waals surface area contributed by atoms with E-state index in [1.807, 2.05) is 32.9 Å². The highest BCUT2D eigenvalue weighted by Gasteiger charge is 2.21. The molecule has 3 aromatic rings. The van der Waals surface area contributed by atoms with Gasteiger partial charge < -0.3 is 20.3 Å². The van der Waals surface area contributed by atoms with Gasteiger partial charge in [0.15, 0.2) is 0 Å². The predicted octanol–water partition coefficient (Wildman–Crippen LogP) is 4.63. The van der Waals surface area contributed by atoms with E-state index in [2.05, 4.69) is 39.3 Å². The van der Waals surface area contributed by atoms with Crippen molar-refractivity contribution in [2.24, 2.45) is 5.92 Å². The minimum absolute atomic E-state index is 0.0960. The number of aryl methyl sites for hydroxylation is 1. The first-order chi connectivity index (χ1) is 16.3. The molecule has 1 aromatic carbocycles. The molecule has 1 amide bonds. The Kier molecular flexibility index (Phi) is 8.95. The minimum atomic E-state index is -0.337. The maximum Gasteiger partial charge on any atom is 0.348 e. The summed E-state index contributed by atoms with van der Waals surface area (Å²) in [6.07, 6.45) is 1.47. The third-order valence-electron chi connectivity index (χ3n) is 5.48. The van der Waals surface area contributed by atoms with Crippen LogP contribution in [0.25, 0.3) is 10.2 Å². The number of anilines is 2. The molecule has 8 nitrogen and oxygen atoms in total. The first-order valence-corrected chi connectivity index (χ1v) is 12.4. The van der Waals surface area contributed by atoms with Crippen molar-refractivity contribution in [2.45, 2.75) is 34.6 Å². The molecule has 9 heteroatoms. The molecule has 0 spiro atoms. The van der Waals surface area contributed by atoms with E-state index in [4.69, 9.17) is 4.74 Å². The first kappa shape index (κ1) is 25.6. The number of hydrogen-bond donors (Lipinski definition) is 2. The first-order valence-electron chi connectivity index (χ1n) is 11.6. The molecule has 0 aliphatic rings. The van der Waals surface area contributed by atoms with Gasteiger partial charge in [0.05, 0.1) is 12.0 Å². The number of thiophene rings is 1. The highest BCUT2D eigenvalue weighted by atomic mass is 32.1. The van der Waals surface area contributed by atoms with Gasteiger partial charge in [0, 0.05) is 24.3 Å². The quantitative estimate of drug-likeness (QED) is 0.384. The van der Waals surface area contributed by atoms with Crippen LogP contribution in [0.3, 0.4) is 0 Å². The lowest BCUT2D eigenvalue weighted by Gasteiger charge is -2.18. The van der Waals surface area contributed by atoms with Crippen LogP contribution in [0.1, 0.15) is 53.3 Å². The second kappa shape index (κ2) is 11.9. The van der Waals surface area contributed by atoms with E-state index < -0.39 is 0 Å². The van der Waals surface area contributed by atoms with E-state index in [1.165, 1.54) is 17.7 Å². The second-order valence-corrected chi connectivity index (χ2v) is 9.44. The van der Waals surface area contributed by atoms with Gasteiger partial charge in [-0.15, -0.1) is 11.3 Å². The average molecular weight is 484 g/mol. The van der Waals surface area contributed by atoms with Crippen LogP contribution in [0.4, 0.5) is 11.5 Å². The lowest BCUT2D eigenvalue weighted by Crippen LogP contribution is -2.34. The molecule has 2 heterocycles. The number of fused-ring (bicyclic) bond motifs is 1. The van der Waals surface area contributed by atoms with Gasteiger partial charge in [0.25, 0.3) is 5.91 Å². The predicted molar refractivity (Wildman–Crippen MR) is 137 cm³/mol. The third kappa shape index (κ3) is 6.30. The lowest BCUT2D eigenvalue weighted by molar-refractivity contribution is 0.0464. The summed E-state index contributed by atoms with van der Waals surface area (Å²) >= 11 is 1.31. The topological polar surface area (TPSA) is 96.5 Å². The van der Waals surface area contributed by atoms with Crippen LogP contribution < -0.4 is 10.6 Å². The van der Waals surface area contributed by atoms with E-state index in [1.54, 1.807) is 12.1 Å². The van der Waals surface area contributed by atoms with E-state index in [-0.39, 0.29) is 17.8 Å². The van der Waals surface area contributed by atoms with Gasteiger partial charge in [-0.05, 0) is 55.8 Å². The summed E-state index contributed by atoms with van der Waals surface area (Å²) in [6, 6.07) is 7.24. The lowest BCUT2D eigenvalue weighted by atomic mass is 10.1. The standard InChI is InChI=1S/C25H33N5O3S/c1-6-30(7-2)13-12-26-23(31)18-8-10-19(11-9-18)29-22-20-17(5)21(25(32)33-14-16(3)4)34-24(20)28-15-27-22/h8-11,15-16H,6-7,12-14H2,1-5H3,(H,26,31)(H,27,28,29). The molecule has 0 atom stereocenters. The molecule has 0 unspecified atom stereocenters. The van der Waals surface area contributed by atoms with E-state index in [0.29, 0.717) is 29.4 Å². The summed E-state index contributed by atoms with van der Waals surface area (Å²) in [4.78, 5) is 37.2. The van der Waals surface area contributed by atoms with E-state index >= 15 is 0 Å². The third-order valence-corrected chi connectivity index (χ3v) is 6.66. The Bertz CT molecular complexity index is 1120. The maximum atomic E-state index is 12.5. The molecule has 2 N–H and O–H groups in total. The summed E-state index contributed by atoms with van der Waals surface area (Å²) in [5.74, 6) is 0.444. The molecular formula is C25H33N5O3S. The fraction of sp³-hybridized carbons (Fsp3) is 0.440. The highest BCUT2D eigenvalue weighted by Crippen LogP contribution is 2.34. The zero-order valence-corrected chi connectivity index (χ0v) is 21.3. The molecule has 0 aliphatic heterocycles. The highest BCUT2D eigenvalue weighted by molar-refractivity contribution is 7.20. The number of carbonyl (C=O) groups is 2. The molecular weight excluding hydrogens is 450 g/mol. The van der Waals surface area contributed by atoms with Crippen molar-refractivity contribution in [3.63, 3.8) is 0 Å². The van der Waals surface area contributed by atoms with Gasteiger partial charge in [-0.1, -0.05) is 27.7 Å². The number of ether oxygens (including phenoxy) is 1. The van der Waals surface area contributed by atoms with Crippen molar-refractivity contribution >= 4 is 44.9 Å². The maximum absolute atomic E-state index is 12.5. The Hall–Kier alpha value is -3.04. The Morgan fingerprint density at radius 2 is 1.82 bits per heavy atom. The summed E-state index contributed by atoms with van der Waals surface area (Å²) < 4.78 is 5.41. The number of aromatic nitrogens is 2. The monoisotopic (exact) mass is 483 g/mol. The fourth-order valence-corrected chi connectivity index (χ4v) is 4.52. The van der Waals surface area contributed by atoms with Crippen LogP contribution in [-0.2, 0) is 4.74 Å². The molecule has 2 aromatic heterocycles. The number of benzene rings is 1. The van der Waals surface area contributed by atoms with Gasteiger partial charge >= 0.3 is 5.97 Å². The molecule has 0 fully saturated rings. The van der Waals surface area contributed by atoms with Crippen LogP contribution in [0.2, 0.25) is 0 Å². The Morgan fingerprint density at radius 3 is 2.47 bits per heavy atom.